The Morgan fingerprint density at radius 2 is 1.69 bits per heavy atom. The number of hydrogen-bond donors (Lipinski definition) is 2. The van der Waals surface area contributed by atoms with Crippen LogP contribution in [0.1, 0.15) is 6.92 Å². The molecule has 7 nitrogen and oxygen atoms in total. The summed E-state index contributed by atoms with van der Waals surface area (Å²) in [6.45, 7) is 0.796. The Morgan fingerprint density at radius 1 is 1.08 bits per heavy atom. The Morgan fingerprint density at radius 3 is 2.31 bits per heavy atom. The summed E-state index contributed by atoms with van der Waals surface area (Å²) in [5.74, 6) is -1.42. The molecule has 0 unspecified atom stereocenters. The number of amides is 1. The first-order valence-corrected chi connectivity index (χ1v) is 9.44. The smallest absolute Gasteiger partial charge is 0.321 e. The van der Waals surface area contributed by atoms with E-state index in [4.69, 9.17) is 16.3 Å². The number of ether oxygens (including phenoxy) is 1. The van der Waals surface area contributed by atoms with Gasteiger partial charge in [0.1, 0.15) is 6.54 Å². The molecular weight excluding hydrogens is 380 g/mol. The summed E-state index contributed by atoms with van der Waals surface area (Å²) in [6.07, 6.45) is -1.10. The minimum Gasteiger partial charge on any atom is -0.452 e. The third-order valence-corrected chi connectivity index (χ3v) is 4.92. The quantitative estimate of drug-likeness (QED) is 0.698. The van der Waals surface area contributed by atoms with E-state index in [2.05, 4.69) is 10.0 Å². The SMILES string of the molecule is C[C@H](OC(=O)CNS(=O)(=O)c1ccccc1)C(=O)Nc1ccc(Cl)cc1. The molecule has 0 aliphatic carbocycles. The monoisotopic (exact) mass is 396 g/mol. The number of halogens is 1. The van der Waals surface area contributed by atoms with E-state index in [1.54, 1.807) is 42.5 Å². The molecule has 1 atom stereocenters. The number of hydrogen-bond acceptors (Lipinski definition) is 5. The first kappa shape index (κ1) is 19.9. The fraction of sp³-hybridized carbons (Fsp3) is 0.176. The highest BCUT2D eigenvalue weighted by Crippen LogP contribution is 2.14. The van der Waals surface area contributed by atoms with Crippen LogP contribution in [0.25, 0.3) is 0 Å². The first-order chi connectivity index (χ1) is 12.3. The van der Waals surface area contributed by atoms with Crippen LogP contribution in [-0.4, -0.2) is 32.9 Å². The lowest BCUT2D eigenvalue weighted by Crippen LogP contribution is -2.35. The average Bonchev–Trinajstić information content (AvgIpc) is 2.62. The van der Waals surface area contributed by atoms with Gasteiger partial charge < -0.3 is 10.1 Å². The first-order valence-electron chi connectivity index (χ1n) is 7.58. The van der Waals surface area contributed by atoms with E-state index >= 15 is 0 Å². The van der Waals surface area contributed by atoms with E-state index in [-0.39, 0.29) is 4.90 Å². The number of nitrogens with one attached hydrogen (secondary N) is 2. The Bertz CT molecular complexity index is 870. The summed E-state index contributed by atoms with van der Waals surface area (Å²) >= 11 is 5.76. The van der Waals surface area contributed by atoms with Crippen molar-refractivity contribution < 1.29 is 22.7 Å². The van der Waals surface area contributed by atoms with Crippen LogP contribution in [0.5, 0.6) is 0 Å². The van der Waals surface area contributed by atoms with Crippen molar-refractivity contribution in [3.8, 4) is 0 Å². The van der Waals surface area contributed by atoms with Gasteiger partial charge in [-0.2, -0.15) is 4.72 Å². The van der Waals surface area contributed by atoms with E-state index in [1.165, 1.54) is 19.1 Å². The number of benzene rings is 2. The van der Waals surface area contributed by atoms with Crippen molar-refractivity contribution in [2.45, 2.75) is 17.9 Å². The Hall–Kier alpha value is -2.42. The Balaban J connectivity index is 1.84. The minimum absolute atomic E-state index is 0.0290. The lowest BCUT2D eigenvalue weighted by atomic mass is 10.3. The standard InChI is InChI=1S/C17H17ClN2O5S/c1-12(17(22)20-14-9-7-13(18)8-10-14)25-16(21)11-19-26(23,24)15-5-3-2-4-6-15/h2-10,12,19H,11H2,1H3,(H,20,22)/t12-/m0/s1. The summed E-state index contributed by atoms with van der Waals surface area (Å²) in [4.78, 5) is 23.8. The number of carbonyl (C=O) groups excluding carboxylic acids is 2. The van der Waals surface area contributed by atoms with Crippen LogP contribution in [0.15, 0.2) is 59.5 Å². The normalized spacial score (nSPS) is 12.2. The maximum Gasteiger partial charge on any atom is 0.321 e. The van der Waals surface area contributed by atoms with E-state index in [9.17, 15) is 18.0 Å². The molecule has 138 valence electrons. The zero-order chi connectivity index (χ0) is 19.2. The van der Waals surface area contributed by atoms with Crippen LogP contribution in [0.3, 0.4) is 0 Å². The summed E-state index contributed by atoms with van der Waals surface area (Å²) in [7, 11) is -3.83. The maximum absolute atomic E-state index is 12.0. The van der Waals surface area contributed by atoms with Gasteiger partial charge >= 0.3 is 5.97 Å². The predicted molar refractivity (Wildman–Crippen MR) is 97.3 cm³/mol. The summed E-state index contributed by atoms with van der Waals surface area (Å²) in [6, 6.07) is 14.0. The van der Waals surface area contributed by atoms with Crippen molar-refractivity contribution in [3.05, 3.63) is 59.6 Å². The molecule has 0 bridgehead atoms. The van der Waals surface area contributed by atoms with Crippen molar-refractivity contribution in [3.63, 3.8) is 0 Å². The zero-order valence-electron chi connectivity index (χ0n) is 13.8. The molecule has 0 fully saturated rings. The number of sulfonamides is 1. The fourth-order valence-corrected chi connectivity index (χ4v) is 3.02. The van der Waals surface area contributed by atoms with E-state index in [0.717, 1.165) is 0 Å². The second-order valence-corrected chi connectivity index (χ2v) is 7.47. The summed E-state index contributed by atoms with van der Waals surface area (Å²) in [5.41, 5.74) is 0.493. The highest BCUT2D eigenvalue weighted by molar-refractivity contribution is 7.89. The van der Waals surface area contributed by atoms with Gasteiger partial charge in [0, 0.05) is 10.7 Å². The lowest BCUT2D eigenvalue weighted by molar-refractivity contribution is -0.151. The molecule has 2 N–H and O–H groups in total. The Kier molecular flexibility index (Phi) is 6.73. The molecule has 9 heteroatoms. The molecule has 0 saturated heterocycles. The molecule has 0 aliphatic rings. The van der Waals surface area contributed by atoms with Gasteiger partial charge in [-0.1, -0.05) is 29.8 Å². The van der Waals surface area contributed by atoms with Crippen LogP contribution in [0, 0.1) is 0 Å². The molecule has 0 spiro atoms. The van der Waals surface area contributed by atoms with Gasteiger partial charge in [-0.3, -0.25) is 9.59 Å². The van der Waals surface area contributed by atoms with Crippen LogP contribution in [0.4, 0.5) is 5.69 Å². The highest BCUT2D eigenvalue weighted by atomic mass is 35.5. The van der Waals surface area contributed by atoms with E-state index < -0.39 is 34.5 Å². The summed E-state index contributed by atoms with van der Waals surface area (Å²) in [5, 5.41) is 3.08. The van der Waals surface area contributed by atoms with Gasteiger partial charge in [0.25, 0.3) is 5.91 Å². The minimum atomic E-state index is -3.83. The third-order valence-electron chi connectivity index (χ3n) is 3.25. The van der Waals surface area contributed by atoms with Gasteiger partial charge in [0.2, 0.25) is 10.0 Å². The average molecular weight is 397 g/mol. The van der Waals surface area contributed by atoms with E-state index in [0.29, 0.717) is 10.7 Å². The molecule has 1 amide bonds. The maximum atomic E-state index is 12.0. The second kappa shape index (κ2) is 8.79. The van der Waals surface area contributed by atoms with Gasteiger partial charge in [-0.25, -0.2) is 8.42 Å². The fourth-order valence-electron chi connectivity index (χ4n) is 1.91. The highest BCUT2D eigenvalue weighted by Gasteiger charge is 2.20. The largest absolute Gasteiger partial charge is 0.452 e. The topological polar surface area (TPSA) is 102 Å². The zero-order valence-corrected chi connectivity index (χ0v) is 15.4. The van der Waals surface area contributed by atoms with Crippen LogP contribution in [-0.2, 0) is 24.3 Å². The molecule has 2 aromatic rings. The Labute approximate surface area is 156 Å². The number of rotatable bonds is 7. The molecule has 0 saturated carbocycles. The van der Waals surface area contributed by atoms with Gasteiger partial charge in [0.15, 0.2) is 6.10 Å². The van der Waals surface area contributed by atoms with Gasteiger partial charge in [0.05, 0.1) is 4.90 Å². The number of esters is 1. The summed E-state index contributed by atoms with van der Waals surface area (Å²) < 4.78 is 31.1. The molecule has 0 heterocycles. The van der Waals surface area contributed by atoms with Crippen molar-refractivity contribution in [2.75, 3.05) is 11.9 Å². The number of anilines is 1. The van der Waals surface area contributed by atoms with Crippen LogP contribution in [0.2, 0.25) is 5.02 Å². The molecule has 26 heavy (non-hydrogen) atoms. The van der Waals surface area contributed by atoms with Gasteiger partial charge in [-0.15, -0.1) is 0 Å². The van der Waals surface area contributed by atoms with Crippen molar-refractivity contribution >= 4 is 39.2 Å². The van der Waals surface area contributed by atoms with E-state index in [1.807, 2.05) is 0 Å². The van der Waals surface area contributed by atoms with Gasteiger partial charge in [-0.05, 0) is 43.3 Å². The van der Waals surface area contributed by atoms with Crippen LogP contribution >= 0.6 is 11.6 Å². The molecule has 0 aromatic heterocycles. The predicted octanol–water partition coefficient (Wildman–Crippen LogP) is 2.19. The molecule has 0 radical (unpaired) electrons. The third kappa shape index (κ3) is 5.83. The molecule has 2 aromatic carbocycles. The molecule has 0 aliphatic heterocycles. The molecular formula is C17H17ClN2O5S. The second-order valence-electron chi connectivity index (χ2n) is 5.27. The van der Waals surface area contributed by atoms with Crippen LogP contribution < -0.4 is 10.0 Å². The van der Waals surface area contributed by atoms with Crippen molar-refractivity contribution in [2.24, 2.45) is 0 Å². The number of carbonyl (C=O) groups is 2. The lowest BCUT2D eigenvalue weighted by Gasteiger charge is -2.14. The van der Waals surface area contributed by atoms with Crippen molar-refractivity contribution in [1.82, 2.24) is 4.72 Å². The van der Waals surface area contributed by atoms with Crippen molar-refractivity contribution in [1.29, 1.82) is 0 Å². The molecule has 2 rings (SSSR count).